The van der Waals surface area contributed by atoms with Gasteiger partial charge in [0.05, 0.1) is 5.92 Å². The molecular formula is C11H18N2O4. The summed E-state index contributed by atoms with van der Waals surface area (Å²) in [5.74, 6) is -3.01. The summed E-state index contributed by atoms with van der Waals surface area (Å²) in [5.41, 5.74) is 0. The highest BCUT2D eigenvalue weighted by atomic mass is 16.4. The summed E-state index contributed by atoms with van der Waals surface area (Å²) >= 11 is 0. The van der Waals surface area contributed by atoms with Crippen molar-refractivity contribution in [2.24, 2.45) is 11.8 Å². The van der Waals surface area contributed by atoms with Crippen molar-refractivity contribution in [3.8, 4) is 0 Å². The van der Waals surface area contributed by atoms with E-state index in [0.717, 1.165) is 6.42 Å². The van der Waals surface area contributed by atoms with Crippen LogP contribution < -0.4 is 10.6 Å². The standard InChI is InChI=1S/C11H18N2O4/c1-6(7(2)11(16)17)9(14)13-8-4-3-5-12-10(8)15/h6-8H,3-5H2,1-2H3,(H,12,15)(H,13,14)(H,16,17). The molecule has 1 saturated heterocycles. The third kappa shape index (κ3) is 3.44. The lowest BCUT2D eigenvalue weighted by Gasteiger charge is -2.25. The number of aliphatic carboxylic acids is 1. The SMILES string of the molecule is CC(C(=O)O)C(C)C(=O)NC1CCCNC1=O. The Hall–Kier alpha value is -1.59. The molecule has 96 valence electrons. The zero-order valence-electron chi connectivity index (χ0n) is 10.0. The van der Waals surface area contributed by atoms with Gasteiger partial charge in [0.25, 0.3) is 0 Å². The first-order valence-electron chi connectivity index (χ1n) is 5.74. The smallest absolute Gasteiger partial charge is 0.307 e. The maximum Gasteiger partial charge on any atom is 0.307 e. The molecule has 3 unspecified atom stereocenters. The second kappa shape index (κ2) is 5.65. The second-order valence-electron chi connectivity index (χ2n) is 4.41. The minimum Gasteiger partial charge on any atom is -0.481 e. The quantitative estimate of drug-likeness (QED) is 0.632. The van der Waals surface area contributed by atoms with Gasteiger partial charge < -0.3 is 15.7 Å². The van der Waals surface area contributed by atoms with Crippen LogP contribution in [0.25, 0.3) is 0 Å². The van der Waals surface area contributed by atoms with Crippen molar-refractivity contribution in [1.29, 1.82) is 0 Å². The summed E-state index contributed by atoms with van der Waals surface area (Å²) in [5, 5.41) is 14.0. The van der Waals surface area contributed by atoms with Crippen LogP contribution in [-0.4, -0.2) is 35.5 Å². The first kappa shape index (κ1) is 13.5. The first-order chi connectivity index (χ1) is 7.93. The summed E-state index contributed by atoms with van der Waals surface area (Å²) < 4.78 is 0. The molecule has 2 amide bonds. The molecule has 1 aliphatic heterocycles. The van der Waals surface area contributed by atoms with E-state index in [0.29, 0.717) is 13.0 Å². The molecule has 0 aromatic rings. The molecule has 6 heteroatoms. The minimum absolute atomic E-state index is 0.195. The molecule has 0 radical (unpaired) electrons. The largest absolute Gasteiger partial charge is 0.481 e. The molecular weight excluding hydrogens is 224 g/mol. The van der Waals surface area contributed by atoms with Crippen LogP contribution in [0.1, 0.15) is 26.7 Å². The highest BCUT2D eigenvalue weighted by molar-refractivity contribution is 5.90. The van der Waals surface area contributed by atoms with E-state index in [1.807, 2.05) is 0 Å². The molecule has 0 aliphatic carbocycles. The molecule has 1 fully saturated rings. The van der Waals surface area contributed by atoms with Crippen molar-refractivity contribution in [3.05, 3.63) is 0 Å². The number of carboxylic acids is 1. The predicted octanol–water partition coefficient (Wildman–Crippen LogP) is -0.262. The van der Waals surface area contributed by atoms with Crippen molar-refractivity contribution in [2.75, 3.05) is 6.54 Å². The number of amides is 2. The normalized spacial score (nSPS) is 23.4. The molecule has 17 heavy (non-hydrogen) atoms. The van der Waals surface area contributed by atoms with E-state index in [1.165, 1.54) is 6.92 Å². The van der Waals surface area contributed by atoms with Gasteiger partial charge in [-0.3, -0.25) is 14.4 Å². The fourth-order valence-electron chi connectivity index (χ4n) is 1.65. The minimum atomic E-state index is -1.01. The fourth-order valence-corrected chi connectivity index (χ4v) is 1.65. The molecule has 3 N–H and O–H groups in total. The van der Waals surface area contributed by atoms with Gasteiger partial charge in [-0.1, -0.05) is 13.8 Å². The molecule has 1 aliphatic rings. The number of hydrogen-bond donors (Lipinski definition) is 3. The van der Waals surface area contributed by atoms with Crippen molar-refractivity contribution in [1.82, 2.24) is 10.6 Å². The van der Waals surface area contributed by atoms with Crippen molar-refractivity contribution in [3.63, 3.8) is 0 Å². The number of carboxylic acid groups (broad SMARTS) is 1. The van der Waals surface area contributed by atoms with Crippen LogP contribution in [-0.2, 0) is 14.4 Å². The zero-order chi connectivity index (χ0) is 13.0. The van der Waals surface area contributed by atoms with Gasteiger partial charge in [0.2, 0.25) is 11.8 Å². The van der Waals surface area contributed by atoms with Crippen LogP contribution >= 0.6 is 0 Å². The lowest BCUT2D eigenvalue weighted by Crippen LogP contribution is -2.52. The summed E-state index contributed by atoms with van der Waals surface area (Å²) in [6.07, 6.45) is 1.42. The molecule has 0 aromatic heterocycles. The van der Waals surface area contributed by atoms with E-state index in [-0.39, 0.29) is 11.8 Å². The van der Waals surface area contributed by atoms with Gasteiger partial charge >= 0.3 is 5.97 Å². The van der Waals surface area contributed by atoms with Crippen molar-refractivity contribution in [2.45, 2.75) is 32.7 Å². The molecule has 3 atom stereocenters. The van der Waals surface area contributed by atoms with E-state index in [2.05, 4.69) is 10.6 Å². The molecule has 0 aromatic carbocycles. The van der Waals surface area contributed by atoms with E-state index < -0.39 is 23.8 Å². The Kier molecular flexibility index (Phi) is 4.48. The first-order valence-corrected chi connectivity index (χ1v) is 5.74. The summed E-state index contributed by atoms with van der Waals surface area (Å²) in [6.45, 7) is 3.66. The number of carbonyl (C=O) groups is 3. The van der Waals surface area contributed by atoms with Gasteiger partial charge in [-0.15, -0.1) is 0 Å². The molecule has 1 rings (SSSR count). The summed E-state index contributed by atoms with van der Waals surface area (Å²) in [6, 6.07) is -0.528. The molecule has 6 nitrogen and oxygen atoms in total. The predicted molar refractivity (Wildman–Crippen MR) is 60.1 cm³/mol. The second-order valence-corrected chi connectivity index (χ2v) is 4.41. The molecule has 0 saturated carbocycles. The Morgan fingerprint density at radius 3 is 2.59 bits per heavy atom. The van der Waals surface area contributed by atoms with Gasteiger partial charge in [0.1, 0.15) is 6.04 Å². The Balaban J connectivity index is 2.53. The maximum absolute atomic E-state index is 11.7. The number of piperidine rings is 1. The van der Waals surface area contributed by atoms with Crippen LogP contribution in [0.5, 0.6) is 0 Å². The van der Waals surface area contributed by atoms with E-state index >= 15 is 0 Å². The molecule has 0 bridgehead atoms. The number of hydrogen-bond acceptors (Lipinski definition) is 3. The fraction of sp³-hybridized carbons (Fsp3) is 0.727. The van der Waals surface area contributed by atoms with Crippen LogP contribution in [0.15, 0.2) is 0 Å². The number of carbonyl (C=O) groups excluding carboxylic acids is 2. The number of nitrogens with one attached hydrogen (secondary N) is 2. The van der Waals surface area contributed by atoms with Gasteiger partial charge in [-0.25, -0.2) is 0 Å². The zero-order valence-corrected chi connectivity index (χ0v) is 10.0. The summed E-state index contributed by atoms with van der Waals surface area (Å²) in [7, 11) is 0. The average Bonchev–Trinajstić information content (AvgIpc) is 2.30. The van der Waals surface area contributed by atoms with Gasteiger partial charge in [-0.2, -0.15) is 0 Å². The van der Waals surface area contributed by atoms with Crippen LogP contribution in [0.3, 0.4) is 0 Å². The third-order valence-electron chi connectivity index (χ3n) is 3.15. The van der Waals surface area contributed by atoms with E-state index in [4.69, 9.17) is 5.11 Å². The lowest BCUT2D eigenvalue weighted by molar-refractivity contribution is -0.146. The topological polar surface area (TPSA) is 95.5 Å². The Labute approximate surface area is 99.8 Å². The lowest BCUT2D eigenvalue weighted by atomic mass is 9.94. The Morgan fingerprint density at radius 2 is 2.06 bits per heavy atom. The molecule has 0 spiro atoms. The third-order valence-corrected chi connectivity index (χ3v) is 3.15. The highest BCUT2D eigenvalue weighted by Crippen LogP contribution is 2.12. The Morgan fingerprint density at radius 1 is 1.41 bits per heavy atom. The van der Waals surface area contributed by atoms with Crippen molar-refractivity contribution < 1.29 is 19.5 Å². The average molecular weight is 242 g/mol. The summed E-state index contributed by atoms with van der Waals surface area (Å²) in [4.78, 5) is 33.9. The molecule has 1 heterocycles. The highest BCUT2D eigenvalue weighted by Gasteiger charge is 2.30. The maximum atomic E-state index is 11.7. The van der Waals surface area contributed by atoms with Gasteiger partial charge in [0, 0.05) is 12.5 Å². The van der Waals surface area contributed by atoms with Crippen LogP contribution in [0.4, 0.5) is 0 Å². The van der Waals surface area contributed by atoms with Crippen LogP contribution in [0.2, 0.25) is 0 Å². The van der Waals surface area contributed by atoms with Crippen molar-refractivity contribution >= 4 is 17.8 Å². The monoisotopic (exact) mass is 242 g/mol. The Bertz CT molecular complexity index is 329. The number of rotatable bonds is 4. The van der Waals surface area contributed by atoms with E-state index in [1.54, 1.807) is 6.92 Å². The van der Waals surface area contributed by atoms with E-state index in [9.17, 15) is 14.4 Å². The van der Waals surface area contributed by atoms with Crippen LogP contribution in [0, 0.1) is 11.8 Å². The van der Waals surface area contributed by atoms with Gasteiger partial charge in [0.15, 0.2) is 0 Å². The van der Waals surface area contributed by atoms with Gasteiger partial charge in [-0.05, 0) is 12.8 Å².